The third kappa shape index (κ3) is 3.61. The quantitative estimate of drug-likeness (QED) is 0.560. The number of hydrogen-bond acceptors (Lipinski definition) is 4. The van der Waals surface area contributed by atoms with Crippen LogP contribution in [0.3, 0.4) is 0 Å². The Labute approximate surface area is 153 Å². The maximum atomic E-state index is 12.3. The third-order valence-corrected chi connectivity index (χ3v) is 4.64. The lowest BCUT2D eigenvalue weighted by molar-refractivity contribution is -0.384. The number of rotatable bonds is 4. The molecule has 0 fully saturated rings. The van der Waals surface area contributed by atoms with Crippen molar-refractivity contribution in [2.75, 3.05) is 0 Å². The molecule has 1 aliphatic heterocycles. The number of halogens is 1. The van der Waals surface area contributed by atoms with Gasteiger partial charge in [0.2, 0.25) is 5.91 Å². The molecule has 128 valence electrons. The number of hydrogen-bond donors (Lipinski definition) is 0. The highest BCUT2D eigenvalue weighted by molar-refractivity contribution is 9.10. The van der Waals surface area contributed by atoms with Crippen molar-refractivity contribution in [1.29, 1.82) is 0 Å². The Morgan fingerprint density at radius 2 is 2.04 bits per heavy atom. The summed E-state index contributed by atoms with van der Waals surface area (Å²) in [6.07, 6.45) is 0.844. The zero-order chi connectivity index (χ0) is 18.0. The average Bonchev–Trinajstić information content (AvgIpc) is 3.07. The van der Waals surface area contributed by atoms with E-state index in [1.165, 1.54) is 17.1 Å². The van der Waals surface area contributed by atoms with Gasteiger partial charge in [-0.1, -0.05) is 47.1 Å². The highest BCUT2D eigenvalue weighted by atomic mass is 79.9. The van der Waals surface area contributed by atoms with Gasteiger partial charge in [-0.15, -0.1) is 0 Å². The molecule has 0 aromatic heterocycles. The Balaban J connectivity index is 1.96. The third-order valence-electron chi connectivity index (χ3n) is 4.11. The molecule has 1 amide bonds. The normalized spacial score (nSPS) is 16.6. The molecule has 25 heavy (non-hydrogen) atoms. The van der Waals surface area contributed by atoms with E-state index in [9.17, 15) is 14.9 Å². The van der Waals surface area contributed by atoms with Crippen LogP contribution in [0.25, 0.3) is 0 Å². The molecule has 0 unspecified atom stereocenters. The van der Waals surface area contributed by atoms with Gasteiger partial charge in [0, 0.05) is 29.4 Å². The molecular weight excluding hydrogens is 386 g/mol. The number of carbonyl (C=O) groups is 1. The molecule has 6 nitrogen and oxygen atoms in total. The number of carbonyl (C=O) groups excluding carboxylic acids is 1. The summed E-state index contributed by atoms with van der Waals surface area (Å²) in [5.74, 6) is -0.108. The second-order valence-corrected chi connectivity index (χ2v) is 6.63. The van der Waals surface area contributed by atoms with Crippen LogP contribution in [0.2, 0.25) is 0 Å². The van der Waals surface area contributed by atoms with Gasteiger partial charge >= 0.3 is 0 Å². The molecule has 1 atom stereocenters. The minimum atomic E-state index is -0.430. The summed E-state index contributed by atoms with van der Waals surface area (Å²) in [5, 5.41) is 17.0. The fourth-order valence-electron chi connectivity index (χ4n) is 2.82. The van der Waals surface area contributed by atoms with Crippen LogP contribution in [0.4, 0.5) is 5.69 Å². The molecule has 0 aliphatic carbocycles. The monoisotopic (exact) mass is 401 g/mol. The van der Waals surface area contributed by atoms with Crippen molar-refractivity contribution in [1.82, 2.24) is 5.01 Å². The maximum Gasteiger partial charge on any atom is 0.269 e. The lowest BCUT2D eigenvalue weighted by Gasteiger charge is -2.21. The molecule has 0 spiro atoms. The summed E-state index contributed by atoms with van der Waals surface area (Å²) in [6.45, 7) is 1.78. The van der Waals surface area contributed by atoms with Crippen molar-refractivity contribution in [3.8, 4) is 0 Å². The first kappa shape index (κ1) is 17.3. The summed E-state index contributed by atoms with van der Waals surface area (Å²) < 4.78 is 0.964. The molecule has 0 N–H and O–H groups in total. The van der Waals surface area contributed by atoms with Crippen LogP contribution in [-0.2, 0) is 4.79 Å². The zero-order valence-electron chi connectivity index (χ0n) is 13.6. The maximum absolute atomic E-state index is 12.3. The van der Waals surface area contributed by atoms with Crippen molar-refractivity contribution in [2.45, 2.75) is 25.8 Å². The second-order valence-electron chi connectivity index (χ2n) is 5.72. The molecule has 3 rings (SSSR count). The van der Waals surface area contributed by atoms with Crippen LogP contribution < -0.4 is 0 Å². The van der Waals surface area contributed by atoms with Gasteiger partial charge in [-0.05, 0) is 23.3 Å². The average molecular weight is 402 g/mol. The fraction of sp³-hybridized carbons (Fsp3) is 0.222. The van der Waals surface area contributed by atoms with E-state index in [0.717, 1.165) is 15.7 Å². The van der Waals surface area contributed by atoms with Crippen LogP contribution >= 0.6 is 15.9 Å². The molecule has 1 heterocycles. The zero-order valence-corrected chi connectivity index (χ0v) is 15.1. The van der Waals surface area contributed by atoms with E-state index in [0.29, 0.717) is 18.4 Å². The lowest BCUT2D eigenvalue weighted by Crippen LogP contribution is -2.26. The Morgan fingerprint density at radius 3 is 2.68 bits per heavy atom. The van der Waals surface area contributed by atoms with E-state index in [1.807, 2.05) is 24.3 Å². The van der Waals surface area contributed by atoms with Gasteiger partial charge in [0.05, 0.1) is 16.7 Å². The molecule has 2 aromatic rings. The molecule has 2 aromatic carbocycles. The number of nitro groups is 1. The summed E-state index contributed by atoms with van der Waals surface area (Å²) in [5.41, 5.74) is 2.46. The molecule has 7 heteroatoms. The van der Waals surface area contributed by atoms with E-state index >= 15 is 0 Å². The van der Waals surface area contributed by atoms with Gasteiger partial charge in [0.25, 0.3) is 5.69 Å². The summed E-state index contributed by atoms with van der Waals surface area (Å²) in [4.78, 5) is 22.9. The van der Waals surface area contributed by atoms with Crippen molar-refractivity contribution >= 4 is 33.2 Å². The van der Waals surface area contributed by atoms with Gasteiger partial charge < -0.3 is 0 Å². The van der Waals surface area contributed by atoms with E-state index in [1.54, 1.807) is 19.1 Å². The van der Waals surface area contributed by atoms with E-state index in [-0.39, 0.29) is 17.6 Å². The van der Waals surface area contributed by atoms with Crippen molar-refractivity contribution in [2.24, 2.45) is 5.10 Å². The van der Waals surface area contributed by atoms with Crippen LogP contribution in [0.5, 0.6) is 0 Å². The topological polar surface area (TPSA) is 75.8 Å². The Bertz CT molecular complexity index is 849. The van der Waals surface area contributed by atoms with Gasteiger partial charge in [-0.2, -0.15) is 5.10 Å². The van der Waals surface area contributed by atoms with E-state index in [2.05, 4.69) is 21.0 Å². The first-order chi connectivity index (χ1) is 12.0. The largest absolute Gasteiger partial charge is 0.273 e. The van der Waals surface area contributed by atoms with E-state index in [4.69, 9.17) is 0 Å². The van der Waals surface area contributed by atoms with E-state index < -0.39 is 4.92 Å². The number of nitrogens with zero attached hydrogens (tertiary/aromatic N) is 3. The standard InChI is InChI=1S/C18H16BrN3O3/c1-2-18(23)21-17(13-4-3-5-15(10-13)22(24)25)11-16(20-21)12-6-8-14(19)9-7-12/h3-10,17H,2,11H2,1H3/t17-/m1/s1. The first-order valence-electron chi connectivity index (χ1n) is 7.89. The predicted octanol–water partition coefficient (Wildman–Crippen LogP) is 4.45. The summed E-state index contributed by atoms with van der Waals surface area (Å²) in [6, 6.07) is 13.8. The van der Waals surface area contributed by atoms with Crippen LogP contribution in [0.1, 0.15) is 36.9 Å². The SMILES string of the molecule is CCC(=O)N1N=C(c2ccc(Br)cc2)C[C@@H]1c1cccc([N+](=O)[O-])c1. The Kier molecular flexibility index (Phi) is 4.94. The number of benzene rings is 2. The number of amides is 1. The van der Waals surface area contributed by atoms with Crippen molar-refractivity contribution in [3.05, 3.63) is 74.2 Å². The van der Waals surface area contributed by atoms with Gasteiger partial charge in [0.1, 0.15) is 0 Å². The Hall–Kier alpha value is -2.54. The van der Waals surface area contributed by atoms with Gasteiger partial charge in [-0.3, -0.25) is 14.9 Å². The van der Waals surface area contributed by atoms with Gasteiger partial charge in [0.15, 0.2) is 0 Å². The molecule has 1 aliphatic rings. The lowest BCUT2D eigenvalue weighted by atomic mass is 9.98. The molecular formula is C18H16BrN3O3. The summed E-state index contributed by atoms with van der Waals surface area (Å²) in [7, 11) is 0. The number of non-ortho nitro benzene ring substituents is 1. The first-order valence-corrected chi connectivity index (χ1v) is 8.68. The number of nitro benzene ring substituents is 1. The predicted molar refractivity (Wildman–Crippen MR) is 98.3 cm³/mol. The van der Waals surface area contributed by atoms with Crippen molar-refractivity contribution < 1.29 is 9.72 Å². The minimum absolute atomic E-state index is 0.0125. The van der Waals surface area contributed by atoms with Crippen LogP contribution in [0.15, 0.2) is 58.1 Å². The van der Waals surface area contributed by atoms with Crippen LogP contribution in [-0.4, -0.2) is 21.6 Å². The van der Waals surface area contributed by atoms with Gasteiger partial charge in [-0.25, -0.2) is 5.01 Å². The van der Waals surface area contributed by atoms with Crippen LogP contribution in [0, 0.1) is 10.1 Å². The highest BCUT2D eigenvalue weighted by Crippen LogP contribution is 2.34. The fourth-order valence-corrected chi connectivity index (χ4v) is 3.09. The molecule has 0 saturated heterocycles. The van der Waals surface area contributed by atoms with Crippen molar-refractivity contribution in [3.63, 3.8) is 0 Å². The minimum Gasteiger partial charge on any atom is -0.273 e. The number of hydrazone groups is 1. The Morgan fingerprint density at radius 1 is 1.32 bits per heavy atom. The molecule has 0 saturated carbocycles. The molecule has 0 radical (unpaired) electrons. The smallest absolute Gasteiger partial charge is 0.269 e. The highest BCUT2D eigenvalue weighted by Gasteiger charge is 2.32. The molecule has 0 bridgehead atoms. The second kappa shape index (κ2) is 7.14. The summed E-state index contributed by atoms with van der Waals surface area (Å²) >= 11 is 3.40.